The Hall–Kier alpha value is -3.86. The topological polar surface area (TPSA) is 111 Å². The second-order valence-corrected chi connectivity index (χ2v) is 7.94. The molecule has 0 radical (unpaired) electrons. The molecule has 0 spiro atoms. The third kappa shape index (κ3) is 3.48. The molecular formula is C23H23N5O3. The van der Waals surface area contributed by atoms with E-state index in [1.54, 1.807) is 24.4 Å². The predicted octanol–water partition coefficient (Wildman–Crippen LogP) is 3.34. The molecule has 1 fully saturated rings. The van der Waals surface area contributed by atoms with Crippen LogP contribution in [-0.2, 0) is 0 Å². The minimum atomic E-state index is -1.02. The van der Waals surface area contributed by atoms with E-state index in [1.807, 2.05) is 37.8 Å². The molecule has 0 aliphatic carbocycles. The number of aryl methyl sites for hydroxylation is 1. The van der Waals surface area contributed by atoms with E-state index in [4.69, 9.17) is 4.98 Å². The largest absolute Gasteiger partial charge is 0.478 e. The quantitative estimate of drug-likeness (QED) is 0.655. The molecule has 2 N–H and O–H groups in total. The van der Waals surface area contributed by atoms with Gasteiger partial charge in [-0.2, -0.15) is 5.26 Å². The van der Waals surface area contributed by atoms with E-state index >= 15 is 0 Å². The fraction of sp³-hybridized carbons (Fsp3) is 0.304. The third-order valence-corrected chi connectivity index (χ3v) is 5.77. The van der Waals surface area contributed by atoms with Gasteiger partial charge in [-0.05, 0) is 51.0 Å². The highest BCUT2D eigenvalue weighted by molar-refractivity contribution is 5.94. The Kier molecular flexibility index (Phi) is 5.11. The molecule has 0 unspecified atom stereocenters. The van der Waals surface area contributed by atoms with E-state index in [0.29, 0.717) is 17.2 Å². The van der Waals surface area contributed by atoms with E-state index in [-0.39, 0.29) is 23.2 Å². The van der Waals surface area contributed by atoms with Gasteiger partial charge in [-0.3, -0.25) is 9.20 Å². The van der Waals surface area contributed by atoms with E-state index < -0.39 is 11.5 Å². The van der Waals surface area contributed by atoms with Crippen molar-refractivity contribution in [1.29, 1.82) is 5.26 Å². The molecule has 8 nitrogen and oxygen atoms in total. The molecule has 8 heteroatoms. The van der Waals surface area contributed by atoms with Crippen LogP contribution in [0.4, 0.5) is 11.5 Å². The normalized spacial score (nSPS) is 16.5. The van der Waals surface area contributed by atoms with Gasteiger partial charge in [-0.25, -0.2) is 9.78 Å². The van der Waals surface area contributed by atoms with Crippen molar-refractivity contribution in [2.24, 2.45) is 0 Å². The lowest BCUT2D eigenvalue weighted by Gasteiger charge is -2.40. The summed E-state index contributed by atoms with van der Waals surface area (Å²) in [6.45, 7) is 6.55. The van der Waals surface area contributed by atoms with Crippen LogP contribution in [0.3, 0.4) is 0 Å². The summed E-state index contributed by atoms with van der Waals surface area (Å²) < 4.78 is 1.42. The standard InChI is InChI=1S/C23H23N5O3/c1-13-10-17(15(3)25-19-7-5-4-6-16(19)23(30)31)20-26-21(27-9-8-14(27)2)18(11-24)22(29)28(20)12-13/h4-7,10,12,14-15,25H,8-9H2,1-3H3,(H,30,31)/t14-,15+/m0/s1. The fourth-order valence-corrected chi connectivity index (χ4v) is 3.96. The van der Waals surface area contributed by atoms with Crippen molar-refractivity contribution in [3.8, 4) is 6.07 Å². The molecule has 0 bridgehead atoms. The van der Waals surface area contributed by atoms with Gasteiger partial charge in [0.15, 0.2) is 11.4 Å². The number of anilines is 2. The zero-order valence-corrected chi connectivity index (χ0v) is 17.6. The van der Waals surface area contributed by atoms with Crippen LogP contribution in [0.25, 0.3) is 5.65 Å². The molecule has 0 saturated carbocycles. The summed E-state index contributed by atoms with van der Waals surface area (Å²) in [7, 11) is 0. The number of fused-ring (bicyclic) bond motifs is 1. The highest BCUT2D eigenvalue weighted by atomic mass is 16.4. The number of para-hydroxylation sites is 1. The average molecular weight is 417 g/mol. The maximum atomic E-state index is 13.1. The molecule has 1 aliphatic heterocycles. The minimum Gasteiger partial charge on any atom is -0.478 e. The lowest BCUT2D eigenvalue weighted by atomic mass is 10.0. The molecule has 2 aromatic heterocycles. The monoisotopic (exact) mass is 417 g/mol. The second kappa shape index (κ2) is 7.76. The molecule has 3 heterocycles. The van der Waals surface area contributed by atoms with Crippen LogP contribution < -0.4 is 15.8 Å². The first-order valence-electron chi connectivity index (χ1n) is 10.1. The lowest BCUT2D eigenvalue weighted by molar-refractivity contribution is 0.0698. The number of carbonyl (C=O) groups is 1. The van der Waals surface area contributed by atoms with Gasteiger partial charge in [0.25, 0.3) is 5.56 Å². The summed E-state index contributed by atoms with van der Waals surface area (Å²) in [4.78, 5) is 31.4. The summed E-state index contributed by atoms with van der Waals surface area (Å²) >= 11 is 0. The van der Waals surface area contributed by atoms with Gasteiger partial charge in [-0.15, -0.1) is 0 Å². The maximum Gasteiger partial charge on any atom is 0.337 e. The Morgan fingerprint density at radius 2 is 2.13 bits per heavy atom. The fourth-order valence-electron chi connectivity index (χ4n) is 3.96. The minimum absolute atomic E-state index is 0.0393. The van der Waals surface area contributed by atoms with Gasteiger partial charge in [-0.1, -0.05) is 12.1 Å². The number of hydrogen-bond acceptors (Lipinski definition) is 6. The molecule has 1 aliphatic rings. The van der Waals surface area contributed by atoms with Crippen molar-refractivity contribution in [2.75, 3.05) is 16.8 Å². The smallest absolute Gasteiger partial charge is 0.337 e. The van der Waals surface area contributed by atoms with Crippen LogP contribution in [0.2, 0.25) is 0 Å². The summed E-state index contributed by atoms with van der Waals surface area (Å²) in [6, 6.07) is 10.5. The SMILES string of the molecule is Cc1cc([C@@H](C)Nc2ccccc2C(=O)O)c2nc(N3CC[C@@H]3C)c(C#N)c(=O)n2c1. The Bertz CT molecular complexity index is 1290. The molecule has 31 heavy (non-hydrogen) atoms. The Morgan fingerprint density at radius 3 is 2.74 bits per heavy atom. The summed E-state index contributed by atoms with van der Waals surface area (Å²) in [5.74, 6) is -0.610. The maximum absolute atomic E-state index is 13.1. The Labute approximate surface area is 179 Å². The van der Waals surface area contributed by atoms with Gasteiger partial charge >= 0.3 is 5.97 Å². The number of nitriles is 1. The van der Waals surface area contributed by atoms with Crippen molar-refractivity contribution < 1.29 is 9.90 Å². The first kappa shape index (κ1) is 20.4. The molecule has 1 aromatic carbocycles. The van der Waals surface area contributed by atoms with Crippen molar-refractivity contribution >= 4 is 23.1 Å². The number of pyridine rings is 1. The van der Waals surface area contributed by atoms with Crippen molar-refractivity contribution in [3.05, 3.63) is 69.1 Å². The summed E-state index contributed by atoms with van der Waals surface area (Å²) in [5, 5.41) is 22.4. The molecule has 3 aromatic rings. The highest BCUT2D eigenvalue weighted by Crippen LogP contribution is 2.30. The lowest BCUT2D eigenvalue weighted by Crippen LogP contribution is -2.47. The zero-order chi connectivity index (χ0) is 22.3. The molecule has 2 atom stereocenters. The number of aromatic nitrogens is 2. The summed E-state index contributed by atoms with van der Waals surface area (Å²) in [6.07, 6.45) is 2.66. The van der Waals surface area contributed by atoms with Crippen molar-refractivity contribution in [2.45, 2.75) is 39.3 Å². The van der Waals surface area contributed by atoms with Gasteiger partial charge in [0.05, 0.1) is 11.6 Å². The molecule has 158 valence electrons. The average Bonchev–Trinajstić information content (AvgIpc) is 2.73. The molecule has 4 rings (SSSR count). The number of benzene rings is 1. The van der Waals surface area contributed by atoms with Crippen LogP contribution in [0.1, 0.15) is 53.4 Å². The number of aromatic carboxylic acids is 1. The molecular weight excluding hydrogens is 394 g/mol. The number of carboxylic acids is 1. The van der Waals surface area contributed by atoms with Crippen molar-refractivity contribution in [3.63, 3.8) is 0 Å². The number of rotatable bonds is 5. The number of carboxylic acid groups (broad SMARTS) is 1. The number of nitrogens with one attached hydrogen (secondary N) is 1. The predicted molar refractivity (Wildman–Crippen MR) is 118 cm³/mol. The van der Waals surface area contributed by atoms with Crippen LogP contribution in [-0.4, -0.2) is 33.0 Å². The Morgan fingerprint density at radius 1 is 1.39 bits per heavy atom. The first-order chi connectivity index (χ1) is 14.8. The van der Waals surface area contributed by atoms with Gasteiger partial charge < -0.3 is 15.3 Å². The van der Waals surface area contributed by atoms with Gasteiger partial charge in [0.1, 0.15) is 11.7 Å². The summed E-state index contributed by atoms with van der Waals surface area (Å²) in [5.41, 5.74) is 2.32. The van der Waals surface area contributed by atoms with E-state index in [0.717, 1.165) is 24.1 Å². The van der Waals surface area contributed by atoms with E-state index in [9.17, 15) is 20.0 Å². The zero-order valence-electron chi connectivity index (χ0n) is 17.6. The molecule has 1 saturated heterocycles. The number of nitrogens with zero attached hydrogens (tertiary/aromatic N) is 4. The number of hydrogen-bond donors (Lipinski definition) is 2. The third-order valence-electron chi connectivity index (χ3n) is 5.77. The highest BCUT2D eigenvalue weighted by Gasteiger charge is 2.30. The first-order valence-corrected chi connectivity index (χ1v) is 10.1. The van der Waals surface area contributed by atoms with Crippen LogP contribution in [0, 0.1) is 18.3 Å². The van der Waals surface area contributed by atoms with Crippen LogP contribution in [0.5, 0.6) is 0 Å². The van der Waals surface area contributed by atoms with E-state index in [1.165, 1.54) is 10.5 Å². The van der Waals surface area contributed by atoms with E-state index in [2.05, 4.69) is 5.32 Å². The second-order valence-electron chi connectivity index (χ2n) is 7.94. The molecule has 0 amide bonds. The van der Waals surface area contributed by atoms with Crippen LogP contribution in [0.15, 0.2) is 41.3 Å². The van der Waals surface area contributed by atoms with Crippen molar-refractivity contribution in [1.82, 2.24) is 9.38 Å². The van der Waals surface area contributed by atoms with Gasteiger partial charge in [0, 0.05) is 30.0 Å². The van der Waals surface area contributed by atoms with Crippen LogP contribution >= 0.6 is 0 Å². The Balaban J connectivity index is 1.87. The van der Waals surface area contributed by atoms with Gasteiger partial charge in [0.2, 0.25) is 0 Å².